The summed E-state index contributed by atoms with van der Waals surface area (Å²) in [4.78, 5) is 23.3. The monoisotopic (exact) mass is 593 g/mol. The lowest BCUT2D eigenvalue weighted by molar-refractivity contribution is -0.137. The van der Waals surface area contributed by atoms with E-state index in [-0.39, 0.29) is 12.3 Å². The molecule has 214 valence electrons. The third kappa shape index (κ3) is 8.31. The van der Waals surface area contributed by atoms with Crippen LogP contribution in [0.3, 0.4) is 0 Å². The van der Waals surface area contributed by atoms with Crippen molar-refractivity contribution in [3.63, 3.8) is 0 Å². The Bertz CT molecular complexity index is 1540. The third-order valence-corrected chi connectivity index (χ3v) is 7.61. The fourth-order valence-electron chi connectivity index (χ4n) is 4.57. The van der Waals surface area contributed by atoms with E-state index in [1.807, 2.05) is 80.6 Å². The van der Waals surface area contributed by atoms with E-state index in [9.17, 15) is 14.7 Å². The number of aromatic nitrogens is 1. The molecule has 0 aliphatic rings. The molecule has 0 spiro atoms. The van der Waals surface area contributed by atoms with Gasteiger partial charge in [0.05, 0.1) is 24.5 Å². The number of halogens is 1. The zero-order valence-corrected chi connectivity index (χ0v) is 24.5. The van der Waals surface area contributed by atoms with Crippen LogP contribution in [-0.2, 0) is 16.1 Å². The summed E-state index contributed by atoms with van der Waals surface area (Å²) in [6.45, 7) is 4.97. The summed E-state index contributed by atoms with van der Waals surface area (Å²) in [6, 6.07) is 17.3. The second kappa shape index (κ2) is 14.1. The molecule has 0 bridgehead atoms. The molecule has 0 radical (unpaired) electrons. The van der Waals surface area contributed by atoms with Crippen molar-refractivity contribution in [1.82, 2.24) is 4.57 Å². The zero-order valence-electron chi connectivity index (χ0n) is 22.9. The lowest BCUT2D eigenvalue weighted by atomic mass is 10.1. The van der Waals surface area contributed by atoms with Crippen LogP contribution < -0.4 is 9.47 Å². The van der Waals surface area contributed by atoms with Crippen molar-refractivity contribution in [1.29, 1.82) is 0 Å². The number of aryl methyl sites for hydroxylation is 2. The fraction of sp³-hybridized carbons (Fsp3) is 0.250. The van der Waals surface area contributed by atoms with Gasteiger partial charge in [0, 0.05) is 21.5 Å². The quantitative estimate of drug-likeness (QED) is 0.0883. The molecular weight excluding hydrogens is 562 g/mol. The summed E-state index contributed by atoms with van der Waals surface area (Å²) in [5.74, 6) is -0.318. The zero-order chi connectivity index (χ0) is 29.4. The Kier molecular flexibility index (Phi) is 10.4. The van der Waals surface area contributed by atoms with Crippen molar-refractivity contribution >= 4 is 58.4 Å². The maximum Gasteiger partial charge on any atom is 0.323 e. The number of unbranched alkanes of at least 4 members (excludes halogenated alkanes) is 1. The number of ether oxygens (including phenoxy) is 2. The Morgan fingerprint density at radius 1 is 0.927 bits per heavy atom. The number of para-hydroxylation sites is 1. The Balaban J connectivity index is 1.34. The molecule has 0 aliphatic heterocycles. The molecule has 9 heteroatoms. The Hall–Kier alpha value is -3.88. The summed E-state index contributed by atoms with van der Waals surface area (Å²) < 4.78 is 13.5. The highest BCUT2D eigenvalue weighted by atomic mass is 35.5. The lowest BCUT2D eigenvalue weighted by Gasteiger charge is -2.13. The van der Waals surface area contributed by atoms with E-state index in [0.717, 1.165) is 62.4 Å². The molecule has 0 aliphatic carbocycles. The first-order chi connectivity index (χ1) is 19.7. The minimum Gasteiger partial charge on any atom is -0.494 e. The maximum atomic E-state index is 11.5. The van der Waals surface area contributed by atoms with Crippen LogP contribution in [0.2, 0.25) is 5.02 Å². The van der Waals surface area contributed by atoms with Crippen molar-refractivity contribution in [3.8, 4) is 11.5 Å². The fourth-order valence-corrected chi connectivity index (χ4v) is 5.70. The number of carbonyl (C=O) groups is 2. The molecule has 0 amide bonds. The van der Waals surface area contributed by atoms with E-state index in [4.69, 9.17) is 26.2 Å². The van der Waals surface area contributed by atoms with Crippen molar-refractivity contribution < 1.29 is 29.3 Å². The highest BCUT2D eigenvalue weighted by Gasteiger charge is 2.14. The molecule has 3 aromatic carbocycles. The van der Waals surface area contributed by atoms with Crippen LogP contribution in [0.15, 0.2) is 65.7 Å². The first kappa shape index (κ1) is 30.1. The van der Waals surface area contributed by atoms with Crippen LogP contribution in [-0.4, -0.2) is 45.7 Å². The normalized spacial score (nSPS) is 11.3. The predicted molar refractivity (Wildman–Crippen MR) is 164 cm³/mol. The van der Waals surface area contributed by atoms with E-state index >= 15 is 0 Å². The van der Waals surface area contributed by atoms with Crippen molar-refractivity contribution in [2.75, 3.05) is 19.0 Å². The second-order valence-electron chi connectivity index (χ2n) is 9.62. The van der Waals surface area contributed by atoms with Gasteiger partial charge >= 0.3 is 11.9 Å². The van der Waals surface area contributed by atoms with E-state index in [1.54, 1.807) is 10.8 Å². The molecule has 1 aromatic heterocycles. The van der Waals surface area contributed by atoms with Gasteiger partial charge in [-0.2, -0.15) is 0 Å². The van der Waals surface area contributed by atoms with Crippen molar-refractivity contribution in [3.05, 3.63) is 88.1 Å². The van der Waals surface area contributed by atoms with Crippen LogP contribution in [0, 0.1) is 13.8 Å². The van der Waals surface area contributed by atoms with Gasteiger partial charge in [0.1, 0.15) is 18.0 Å². The van der Waals surface area contributed by atoms with E-state index in [0.29, 0.717) is 18.2 Å². The average Bonchev–Trinajstić information content (AvgIpc) is 3.27. The number of benzene rings is 3. The number of aliphatic carboxylic acids is 2. The number of carboxylic acid groups (broad SMARTS) is 2. The second-order valence-corrected chi connectivity index (χ2v) is 11.1. The molecule has 0 saturated heterocycles. The molecule has 2 N–H and O–H groups in total. The maximum absolute atomic E-state index is 11.5. The van der Waals surface area contributed by atoms with Gasteiger partial charge < -0.3 is 24.3 Å². The third-order valence-electron chi connectivity index (χ3n) is 6.36. The molecule has 4 aromatic rings. The minimum atomic E-state index is -0.967. The summed E-state index contributed by atoms with van der Waals surface area (Å²) in [6.07, 6.45) is 7.33. The smallest absolute Gasteiger partial charge is 0.323 e. The van der Waals surface area contributed by atoms with Crippen LogP contribution in [0.4, 0.5) is 0 Å². The topological polar surface area (TPSA) is 98.0 Å². The number of rotatable bonds is 14. The number of carboxylic acids is 2. The van der Waals surface area contributed by atoms with E-state index in [2.05, 4.69) is 0 Å². The van der Waals surface area contributed by atoms with E-state index in [1.165, 1.54) is 11.8 Å². The number of hydrogen-bond acceptors (Lipinski definition) is 5. The first-order valence-electron chi connectivity index (χ1n) is 13.2. The molecule has 7 nitrogen and oxygen atoms in total. The van der Waals surface area contributed by atoms with Gasteiger partial charge in [-0.05, 0) is 73.2 Å². The molecular formula is C32H32ClNO6S. The highest BCUT2D eigenvalue weighted by Crippen LogP contribution is 2.33. The van der Waals surface area contributed by atoms with Gasteiger partial charge in [-0.1, -0.05) is 54.1 Å². The van der Waals surface area contributed by atoms with Crippen LogP contribution in [0.1, 0.15) is 35.1 Å². The molecule has 41 heavy (non-hydrogen) atoms. The van der Waals surface area contributed by atoms with Gasteiger partial charge in [-0.3, -0.25) is 9.59 Å². The van der Waals surface area contributed by atoms with Gasteiger partial charge in [0.25, 0.3) is 0 Å². The van der Waals surface area contributed by atoms with E-state index < -0.39 is 11.9 Å². The van der Waals surface area contributed by atoms with Crippen LogP contribution in [0.25, 0.3) is 23.1 Å². The molecule has 0 saturated carbocycles. The first-order valence-corrected chi connectivity index (χ1v) is 14.6. The van der Waals surface area contributed by atoms with Crippen LogP contribution >= 0.6 is 23.4 Å². The molecule has 1 heterocycles. The summed E-state index contributed by atoms with van der Waals surface area (Å²) in [7, 11) is 0. The molecule has 0 atom stereocenters. The minimum absolute atomic E-state index is 0.1000. The van der Waals surface area contributed by atoms with Gasteiger partial charge in [0.15, 0.2) is 0 Å². The van der Waals surface area contributed by atoms with Crippen molar-refractivity contribution in [2.24, 2.45) is 0 Å². The standard InChI is InChI=1S/C32H32ClNO6S/c1-21-16-25(33)17-22(2)32(21)40-15-4-3-14-39-26-12-9-23(10-13-26)8-11-24-6-5-7-27-28(41-20-30(37)38)18-34(31(24)27)19-29(35)36/h5-13,16-18H,3-4,14-15,19-20H2,1-2H3,(H,35,36)(H,37,38)/b11-8+. The summed E-state index contributed by atoms with van der Waals surface area (Å²) >= 11 is 7.27. The van der Waals surface area contributed by atoms with Crippen molar-refractivity contribution in [2.45, 2.75) is 38.1 Å². The number of hydrogen-bond donors (Lipinski definition) is 2. The molecule has 0 fully saturated rings. The lowest BCUT2D eigenvalue weighted by Crippen LogP contribution is -2.07. The molecule has 0 unspecified atom stereocenters. The highest BCUT2D eigenvalue weighted by molar-refractivity contribution is 8.00. The number of fused-ring (bicyclic) bond motifs is 1. The number of nitrogens with zero attached hydrogens (tertiary/aromatic N) is 1. The summed E-state index contributed by atoms with van der Waals surface area (Å²) in [5.41, 5.74) is 4.63. The molecule has 4 rings (SSSR count). The Labute approximate surface area is 248 Å². The van der Waals surface area contributed by atoms with Gasteiger partial charge in [-0.25, -0.2) is 0 Å². The number of thioether (sulfide) groups is 1. The average molecular weight is 594 g/mol. The predicted octanol–water partition coefficient (Wildman–Crippen LogP) is 7.58. The summed E-state index contributed by atoms with van der Waals surface area (Å²) in [5, 5.41) is 20.0. The largest absolute Gasteiger partial charge is 0.494 e. The Morgan fingerprint density at radius 2 is 1.61 bits per heavy atom. The SMILES string of the molecule is Cc1cc(Cl)cc(C)c1OCCCCOc1ccc(/C=C/c2cccc3c(SCC(=O)O)cn(CC(=O)O)c23)cc1. The van der Waals surface area contributed by atoms with Gasteiger partial charge in [-0.15, -0.1) is 11.8 Å². The Morgan fingerprint density at radius 3 is 2.27 bits per heavy atom. The van der Waals surface area contributed by atoms with Crippen LogP contribution in [0.5, 0.6) is 11.5 Å². The van der Waals surface area contributed by atoms with Gasteiger partial charge in [0.2, 0.25) is 0 Å².